The van der Waals surface area contributed by atoms with E-state index >= 15 is 0 Å². The fraction of sp³-hybridized carbons (Fsp3) is 0.143. The Kier molecular flexibility index (Phi) is 4.80. The largest absolute Gasteiger partial charge is 0.454 e. The number of nitrogens with two attached hydrogens (primary N) is 1. The monoisotopic (exact) mass is 381 g/mol. The van der Waals surface area contributed by atoms with Gasteiger partial charge >= 0.3 is 11.7 Å². The Morgan fingerprint density at radius 3 is 2.61 bits per heavy atom. The van der Waals surface area contributed by atoms with Crippen molar-refractivity contribution >= 4 is 33.5 Å². The summed E-state index contributed by atoms with van der Waals surface area (Å²) in [6.45, 7) is -0.675. The van der Waals surface area contributed by atoms with Gasteiger partial charge in [0.05, 0.1) is 5.56 Å². The highest BCUT2D eigenvalue weighted by atomic mass is 79.9. The van der Waals surface area contributed by atoms with E-state index in [0.29, 0.717) is 4.47 Å². The Morgan fingerprint density at radius 2 is 1.96 bits per heavy atom. The van der Waals surface area contributed by atoms with Crippen LogP contribution in [0.4, 0.5) is 5.82 Å². The molecule has 0 aliphatic rings. The number of carbonyl (C=O) groups excluding carboxylic acids is 2. The summed E-state index contributed by atoms with van der Waals surface area (Å²) in [6.07, 6.45) is 0. The average molecular weight is 382 g/mol. The first-order valence-electron chi connectivity index (χ1n) is 6.36. The van der Waals surface area contributed by atoms with Gasteiger partial charge in [0.2, 0.25) is 5.78 Å². The summed E-state index contributed by atoms with van der Waals surface area (Å²) in [5.41, 5.74) is 3.75. The molecule has 0 saturated heterocycles. The average Bonchev–Trinajstić information content (AvgIpc) is 2.51. The van der Waals surface area contributed by atoms with Gasteiger partial charge in [-0.1, -0.05) is 12.1 Å². The van der Waals surface area contributed by atoms with E-state index in [1.807, 2.05) is 4.98 Å². The molecular formula is C14H12BrN3O5. The summed E-state index contributed by atoms with van der Waals surface area (Å²) in [5.74, 6) is -1.83. The number of rotatable bonds is 4. The number of ketones is 1. The van der Waals surface area contributed by atoms with Gasteiger partial charge in [0.25, 0.3) is 5.56 Å². The number of halogens is 1. The van der Waals surface area contributed by atoms with Crippen molar-refractivity contribution in [1.82, 2.24) is 9.55 Å². The maximum absolute atomic E-state index is 12.1. The minimum absolute atomic E-state index is 0.239. The molecule has 8 nitrogen and oxygen atoms in total. The number of hydrogen-bond acceptors (Lipinski definition) is 6. The van der Waals surface area contributed by atoms with Crippen LogP contribution in [-0.2, 0) is 11.8 Å². The molecule has 0 spiro atoms. The van der Waals surface area contributed by atoms with Gasteiger partial charge in [0.1, 0.15) is 11.4 Å². The van der Waals surface area contributed by atoms with E-state index in [-0.39, 0.29) is 11.4 Å². The lowest BCUT2D eigenvalue weighted by molar-refractivity contribution is 0.0473. The molecule has 0 radical (unpaired) electrons. The molecule has 0 amide bonds. The highest BCUT2D eigenvalue weighted by Crippen LogP contribution is 2.16. The molecule has 2 aromatic rings. The molecule has 23 heavy (non-hydrogen) atoms. The molecule has 0 unspecified atom stereocenters. The zero-order valence-electron chi connectivity index (χ0n) is 12.0. The molecule has 0 atom stereocenters. The summed E-state index contributed by atoms with van der Waals surface area (Å²) in [7, 11) is 1.30. The van der Waals surface area contributed by atoms with Crippen LogP contribution in [-0.4, -0.2) is 27.9 Å². The molecule has 9 heteroatoms. The first-order valence-corrected chi connectivity index (χ1v) is 7.16. The van der Waals surface area contributed by atoms with Crippen LogP contribution in [0.1, 0.15) is 20.7 Å². The second kappa shape index (κ2) is 6.61. The third-order valence-electron chi connectivity index (χ3n) is 3.08. The molecule has 2 rings (SSSR count). The van der Waals surface area contributed by atoms with E-state index in [9.17, 15) is 19.2 Å². The van der Waals surface area contributed by atoms with Crippen molar-refractivity contribution in [1.29, 1.82) is 0 Å². The minimum Gasteiger partial charge on any atom is -0.454 e. The number of benzene rings is 1. The lowest BCUT2D eigenvalue weighted by Crippen LogP contribution is -2.35. The van der Waals surface area contributed by atoms with E-state index in [0.717, 1.165) is 4.57 Å². The van der Waals surface area contributed by atoms with Gasteiger partial charge in [0.15, 0.2) is 6.61 Å². The number of hydrogen-bond donors (Lipinski definition) is 2. The number of esters is 1. The Hall–Kier alpha value is -2.68. The van der Waals surface area contributed by atoms with Gasteiger partial charge in [-0.2, -0.15) is 0 Å². The molecule has 0 saturated carbocycles. The molecule has 0 aliphatic carbocycles. The van der Waals surface area contributed by atoms with Crippen molar-refractivity contribution in [3.63, 3.8) is 0 Å². The molecule has 1 aromatic heterocycles. The Morgan fingerprint density at radius 1 is 1.30 bits per heavy atom. The SMILES string of the molecule is Cn1c(N)c(C(=O)COC(=O)c2ccccc2Br)c(=O)[nH]c1=O. The van der Waals surface area contributed by atoms with Crippen molar-refractivity contribution < 1.29 is 14.3 Å². The van der Waals surface area contributed by atoms with Crippen LogP contribution < -0.4 is 17.0 Å². The van der Waals surface area contributed by atoms with Crippen LogP contribution in [0.15, 0.2) is 38.3 Å². The van der Waals surface area contributed by atoms with Crippen LogP contribution in [0.5, 0.6) is 0 Å². The number of H-pyrrole nitrogens is 1. The summed E-state index contributed by atoms with van der Waals surface area (Å²) in [4.78, 5) is 49.0. The number of ether oxygens (including phenoxy) is 1. The van der Waals surface area contributed by atoms with Crippen LogP contribution in [0.3, 0.4) is 0 Å². The third kappa shape index (κ3) is 3.39. The lowest BCUT2D eigenvalue weighted by Gasteiger charge is -2.08. The van der Waals surface area contributed by atoms with Crippen molar-refractivity contribution in [3.05, 3.63) is 60.7 Å². The molecule has 0 fully saturated rings. The topological polar surface area (TPSA) is 124 Å². The van der Waals surface area contributed by atoms with Crippen molar-refractivity contribution in [2.24, 2.45) is 7.05 Å². The zero-order chi connectivity index (χ0) is 17.1. The number of carbonyl (C=O) groups is 2. The normalized spacial score (nSPS) is 10.3. The molecule has 3 N–H and O–H groups in total. The molecule has 1 aromatic carbocycles. The van der Waals surface area contributed by atoms with Gasteiger partial charge in [-0.05, 0) is 28.1 Å². The van der Waals surface area contributed by atoms with Crippen LogP contribution in [0.25, 0.3) is 0 Å². The molecule has 120 valence electrons. The van der Waals surface area contributed by atoms with Gasteiger partial charge in [-0.15, -0.1) is 0 Å². The van der Waals surface area contributed by atoms with Crippen molar-refractivity contribution in [3.8, 4) is 0 Å². The first-order chi connectivity index (χ1) is 10.8. The maximum Gasteiger partial charge on any atom is 0.339 e. The quantitative estimate of drug-likeness (QED) is 0.585. The van der Waals surface area contributed by atoms with E-state index in [4.69, 9.17) is 10.5 Å². The van der Waals surface area contributed by atoms with Crippen molar-refractivity contribution in [2.75, 3.05) is 12.3 Å². The van der Waals surface area contributed by atoms with Gasteiger partial charge in [-0.3, -0.25) is 19.1 Å². The number of nitrogens with one attached hydrogen (secondary N) is 1. The summed E-state index contributed by atoms with van der Waals surface area (Å²) < 4.78 is 6.32. The van der Waals surface area contributed by atoms with Gasteiger partial charge < -0.3 is 10.5 Å². The predicted octanol–water partition coefficient (Wildman–Crippen LogP) is 0.458. The summed E-state index contributed by atoms with van der Waals surface area (Å²) in [6, 6.07) is 6.52. The molecule has 0 aliphatic heterocycles. The zero-order valence-corrected chi connectivity index (χ0v) is 13.5. The Bertz CT molecular complexity index is 900. The Balaban J connectivity index is 2.20. The summed E-state index contributed by atoms with van der Waals surface area (Å²) >= 11 is 3.19. The number of anilines is 1. The van der Waals surface area contributed by atoms with E-state index < -0.39 is 35.2 Å². The van der Waals surface area contributed by atoms with Crippen LogP contribution in [0.2, 0.25) is 0 Å². The number of aromatic nitrogens is 2. The van der Waals surface area contributed by atoms with E-state index in [1.165, 1.54) is 13.1 Å². The lowest BCUT2D eigenvalue weighted by atomic mass is 10.2. The number of nitrogen functional groups attached to an aromatic ring is 1. The second-order valence-electron chi connectivity index (χ2n) is 4.56. The fourth-order valence-electron chi connectivity index (χ4n) is 1.81. The van der Waals surface area contributed by atoms with E-state index in [1.54, 1.807) is 18.2 Å². The molecule has 1 heterocycles. The highest BCUT2D eigenvalue weighted by molar-refractivity contribution is 9.10. The maximum atomic E-state index is 12.1. The van der Waals surface area contributed by atoms with Crippen LogP contribution in [0, 0.1) is 0 Å². The Labute approximate surface area is 138 Å². The van der Waals surface area contributed by atoms with E-state index in [2.05, 4.69) is 15.9 Å². The second-order valence-corrected chi connectivity index (χ2v) is 5.41. The number of aromatic amines is 1. The predicted molar refractivity (Wildman–Crippen MR) is 85.5 cm³/mol. The smallest absolute Gasteiger partial charge is 0.339 e. The molecular weight excluding hydrogens is 370 g/mol. The number of nitrogens with zero attached hydrogens (tertiary/aromatic N) is 1. The first kappa shape index (κ1) is 16.7. The molecule has 0 bridgehead atoms. The standard InChI is InChI=1S/C14H12BrN3O5/c1-18-11(16)10(12(20)17-14(18)22)9(19)6-23-13(21)7-4-2-3-5-8(7)15/h2-5H,6,16H2,1H3,(H,17,20,22). The fourth-order valence-corrected chi connectivity index (χ4v) is 2.26. The summed E-state index contributed by atoms with van der Waals surface area (Å²) in [5, 5.41) is 0. The third-order valence-corrected chi connectivity index (χ3v) is 3.77. The highest BCUT2D eigenvalue weighted by Gasteiger charge is 2.20. The van der Waals surface area contributed by atoms with Crippen LogP contribution >= 0.6 is 15.9 Å². The number of Topliss-reactive ketones (excluding diaryl/α,β-unsaturated/α-hetero) is 1. The van der Waals surface area contributed by atoms with Gasteiger partial charge in [-0.25, -0.2) is 9.59 Å². The van der Waals surface area contributed by atoms with Crippen molar-refractivity contribution in [2.45, 2.75) is 0 Å². The minimum atomic E-state index is -0.924. The van der Waals surface area contributed by atoms with Gasteiger partial charge in [0, 0.05) is 11.5 Å².